The summed E-state index contributed by atoms with van der Waals surface area (Å²) in [6.45, 7) is 3.15. The van der Waals surface area contributed by atoms with Gasteiger partial charge in [0, 0.05) is 11.1 Å². The Morgan fingerprint density at radius 3 is 2.63 bits per heavy atom. The van der Waals surface area contributed by atoms with Crippen molar-refractivity contribution in [2.24, 2.45) is 0 Å². The van der Waals surface area contributed by atoms with Crippen molar-refractivity contribution in [3.05, 3.63) is 51.3 Å². The van der Waals surface area contributed by atoms with Gasteiger partial charge in [0.05, 0.1) is 11.3 Å². The van der Waals surface area contributed by atoms with Crippen LogP contribution in [-0.4, -0.2) is 21.0 Å². The fourth-order valence-corrected chi connectivity index (χ4v) is 1.78. The first-order valence-corrected chi connectivity index (χ1v) is 5.50. The Morgan fingerprint density at radius 1 is 1.32 bits per heavy atom. The Bertz CT molecular complexity index is 722. The highest BCUT2D eigenvalue weighted by atomic mass is 19.1. The van der Waals surface area contributed by atoms with Crippen LogP contribution < -0.4 is 5.56 Å². The van der Waals surface area contributed by atoms with Crippen LogP contribution in [0, 0.1) is 19.7 Å². The third kappa shape index (κ3) is 2.52. The standard InChI is InChI=1S/C13H11FN2O3/c1-6-11(15-7(2)16-12(6)17)8-3-9(13(18)19)5-10(14)4-8/h3-5H,1-2H3,(H,18,19)(H,15,16,17). The molecule has 0 amide bonds. The summed E-state index contributed by atoms with van der Waals surface area (Å²) in [5, 5.41) is 8.90. The number of carboxylic acids is 1. The molecule has 0 saturated heterocycles. The number of aromatic amines is 1. The largest absolute Gasteiger partial charge is 0.478 e. The van der Waals surface area contributed by atoms with E-state index in [1.807, 2.05) is 0 Å². The lowest BCUT2D eigenvalue weighted by Gasteiger charge is -2.07. The number of carboxylic acid groups (broad SMARTS) is 1. The predicted octanol–water partition coefficient (Wildman–Crippen LogP) is 1.89. The van der Waals surface area contributed by atoms with Gasteiger partial charge in [-0.25, -0.2) is 14.2 Å². The Hall–Kier alpha value is -2.50. The molecule has 1 aromatic heterocycles. The van der Waals surface area contributed by atoms with E-state index < -0.39 is 11.8 Å². The number of halogens is 1. The van der Waals surface area contributed by atoms with Crippen LogP contribution >= 0.6 is 0 Å². The lowest BCUT2D eigenvalue weighted by atomic mass is 10.0. The maximum atomic E-state index is 13.4. The number of nitrogens with zero attached hydrogens (tertiary/aromatic N) is 1. The number of H-pyrrole nitrogens is 1. The zero-order valence-electron chi connectivity index (χ0n) is 10.3. The second-order valence-corrected chi connectivity index (χ2v) is 4.16. The summed E-state index contributed by atoms with van der Waals surface area (Å²) < 4.78 is 13.4. The molecular weight excluding hydrogens is 251 g/mol. The zero-order chi connectivity index (χ0) is 14.2. The van der Waals surface area contributed by atoms with Crippen LogP contribution in [-0.2, 0) is 0 Å². The van der Waals surface area contributed by atoms with Gasteiger partial charge in [-0.2, -0.15) is 0 Å². The fourth-order valence-electron chi connectivity index (χ4n) is 1.78. The molecule has 0 radical (unpaired) electrons. The van der Waals surface area contributed by atoms with Crippen LogP contribution in [0.4, 0.5) is 4.39 Å². The number of nitrogens with one attached hydrogen (secondary N) is 1. The van der Waals surface area contributed by atoms with Crippen LogP contribution in [0.15, 0.2) is 23.0 Å². The molecule has 0 aliphatic rings. The molecule has 0 aliphatic carbocycles. The second-order valence-electron chi connectivity index (χ2n) is 4.16. The van der Waals surface area contributed by atoms with Crippen LogP contribution in [0.5, 0.6) is 0 Å². The minimum absolute atomic E-state index is 0.186. The van der Waals surface area contributed by atoms with E-state index >= 15 is 0 Å². The molecule has 0 spiro atoms. The van der Waals surface area contributed by atoms with E-state index in [4.69, 9.17) is 5.11 Å². The third-order valence-corrected chi connectivity index (χ3v) is 2.69. The Kier molecular flexibility index (Phi) is 3.16. The van der Waals surface area contributed by atoms with Crippen molar-refractivity contribution in [2.75, 3.05) is 0 Å². The number of hydrogen-bond donors (Lipinski definition) is 2. The highest BCUT2D eigenvalue weighted by Crippen LogP contribution is 2.22. The Morgan fingerprint density at radius 2 is 2.00 bits per heavy atom. The molecule has 0 fully saturated rings. The molecular formula is C13H11FN2O3. The van der Waals surface area contributed by atoms with Crippen molar-refractivity contribution < 1.29 is 14.3 Å². The molecule has 98 valence electrons. The van der Waals surface area contributed by atoms with Crippen molar-refractivity contribution in [3.63, 3.8) is 0 Å². The van der Waals surface area contributed by atoms with Crippen LogP contribution in [0.25, 0.3) is 11.3 Å². The van der Waals surface area contributed by atoms with E-state index in [0.29, 0.717) is 11.4 Å². The van der Waals surface area contributed by atoms with E-state index in [9.17, 15) is 14.0 Å². The Labute approximate surface area is 107 Å². The predicted molar refractivity (Wildman–Crippen MR) is 66.7 cm³/mol. The lowest BCUT2D eigenvalue weighted by molar-refractivity contribution is 0.0696. The molecule has 0 atom stereocenters. The van der Waals surface area contributed by atoms with Crippen molar-refractivity contribution >= 4 is 5.97 Å². The van der Waals surface area contributed by atoms with Gasteiger partial charge in [0.15, 0.2) is 0 Å². The van der Waals surface area contributed by atoms with Crippen molar-refractivity contribution in [3.8, 4) is 11.3 Å². The lowest BCUT2D eigenvalue weighted by Crippen LogP contribution is -2.14. The molecule has 0 unspecified atom stereocenters. The van der Waals surface area contributed by atoms with Crippen LogP contribution in [0.1, 0.15) is 21.7 Å². The summed E-state index contributed by atoms with van der Waals surface area (Å²) in [6, 6.07) is 3.36. The summed E-state index contributed by atoms with van der Waals surface area (Å²) in [7, 11) is 0. The maximum absolute atomic E-state index is 13.4. The highest BCUT2D eigenvalue weighted by Gasteiger charge is 2.13. The smallest absolute Gasteiger partial charge is 0.335 e. The average Bonchev–Trinajstić information content (AvgIpc) is 2.32. The van der Waals surface area contributed by atoms with Crippen molar-refractivity contribution in [2.45, 2.75) is 13.8 Å². The number of rotatable bonds is 2. The molecule has 0 bridgehead atoms. The second kappa shape index (κ2) is 4.64. The van der Waals surface area contributed by atoms with Crippen LogP contribution in [0.2, 0.25) is 0 Å². The number of aromatic nitrogens is 2. The van der Waals surface area contributed by atoms with Gasteiger partial charge < -0.3 is 10.1 Å². The van der Waals surface area contributed by atoms with E-state index in [0.717, 1.165) is 12.1 Å². The average molecular weight is 262 g/mol. The maximum Gasteiger partial charge on any atom is 0.335 e. The minimum atomic E-state index is -1.24. The third-order valence-electron chi connectivity index (χ3n) is 2.69. The van der Waals surface area contributed by atoms with Crippen molar-refractivity contribution in [1.29, 1.82) is 0 Å². The van der Waals surface area contributed by atoms with Gasteiger partial charge >= 0.3 is 5.97 Å². The first-order valence-electron chi connectivity index (χ1n) is 5.50. The normalized spacial score (nSPS) is 10.5. The monoisotopic (exact) mass is 262 g/mol. The molecule has 2 rings (SSSR count). The van der Waals surface area contributed by atoms with Gasteiger partial charge in [0.1, 0.15) is 11.6 Å². The van der Waals surface area contributed by atoms with E-state index in [1.165, 1.54) is 6.07 Å². The van der Waals surface area contributed by atoms with Gasteiger partial charge in [0.25, 0.3) is 5.56 Å². The molecule has 1 heterocycles. The van der Waals surface area contributed by atoms with Gasteiger partial charge in [0.2, 0.25) is 0 Å². The SMILES string of the molecule is Cc1nc(-c2cc(F)cc(C(=O)O)c2)c(C)c(=O)[nH]1. The number of aromatic carboxylic acids is 1. The molecule has 2 aromatic rings. The topological polar surface area (TPSA) is 83.0 Å². The van der Waals surface area contributed by atoms with Gasteiger partial charge in [-0.05, 0) is 32.0 Å². The summed E-state index contributed by atoms with van der Waals surface area (Å²) in [5.74, 6) is -1.54. The zero-order valence-corrected chi connectivity index (χ0v) is 10.3. The molecule has 19 heavy (non-hydrogen) atoms. The molecule has 2 N–H and O–H groups in total. The van der Waals surface area contributed by atoms with E-state index in [2.05, 4.69) is 9.97 Å². The van der Waals surface area contributed by atoms with Gasteiger partial charge in [-0.1, -0.05) is 0 Å². The quantitative estimate of drug-likeness (QED) is 0.865. The molecule has 5 nitrogen and oxygen atoms in total. The highest BCUT2D eigenvalue weighted by molar-refractivity contribution is 5.89. The summed E-state index contributed by atoms with van der Waals surface area (Å²) in [5.41, 5.74) is 0.345. The van der Waals surface area contributed by atoms with Crippen LogP contribution in [0.3, 0.4) is 0 Å². The molecule has 1 aromatic carbocycles. The van der Waals surface area contributed by atoms with E-state index in [-0.39, 0.29) is 22.4 Å². The number of hydrogen-bond acceptors (Lipinski definition) is 3. The number of carbonyl (C=O) groups is 1. The van der Waals surface area contributed by atoms with E-state index in [1.54, 1.807) is 13.8 Å². The van der Waals surface area contributed by atoms with Gasteiger partial charge in [-0.3, -0.25) is 4.79 Å². The minimum Gasteiger partial charge on any atom is -0.478 e. The summed E-state index contributed by atoms with van der Waals surface area (Å²) in [4.78, 5) is 29.2. The first-order chi connectivity index (χ1) is 8.88. The number of benzene rings is 1. The number of aryl methyl sites for hydroxylation is 1. The molecule has 0 aliphatic heterocycles. The summed E-state index contributed by atoms with van der Waals surface area (Å²) in [6.07, 6.45) is 0. The fraction of sp³-hybridized carbons (Fsp3) is 0.154. The first kappa shape index (κ1) is 12.9. The molecule has 0 saturated carbocycles. The Balaban J connectivity index is 2.72. The molecule has 6 heteroatoms. The van der Waals surface area contributed by atoms with Gasteiger partial charge in [-0.15, -0.1) is 0 Å². The summed E-state index contributed by atoms with van der Waals surface area (Å²) >= 11 is 0. The van der Waals surface area contributed by atoms with Crippen molar-refractivity contribution in [1.82, 2.24) is 9.97 Å².